The summed E-state index contributed by atoms with van der Waals surface area (Å²) in [4.78, 5) is 12.1. The first-order chi connectivity index (χ1) is 9.69. The van der Waals surface area contributed by atoms with Gasteiger partial charge in [0.05, 0.1) is 7.11 Å². The van der Waals surface area contributed by atoms with Crippen LogP contribution in [0.5, 0.6) is 5.75 Å². The Morgan fingerprint density at radius 3 is 2.35 bits per heavy atom. The molecule has 1 aromatic carbocycles. The normalized spacial score (nSPS) is 10.5. The molecule has 0 saturated heterocycles. The van der Waals surface area contributed by atoms with E-state index in [0.29, 0.717) is 23.4 Å². The first kappa shape index (κ1) is 16.5. The van der Waals surface area contributed by atoms with Crippen molar-refractivity contribution >= 4 is 11.5 Å². The molecule has 3 heteroatoms. The van der Waals surface area contributed by atoms with E-state index in [0.717, 1.165) is 12.8 Å². The molecule has 1 rings (SSSR count). The maximum Gasteiger partial charge on any atom is 0.164 e. The minimum absolute atomic E-state index is 0.138. The quantitative estimate of drug-likeness (QED) is 0.386. The van der Waals surface area contributed by atoms with Crippen LogP contribution in [-0.4, -0.2) is 12.9 Å². The minimum atomic E-state index is 0.138. The average Bonchev–Trinajstić information content (AvgIpc) is 2.45. The number of anilines is 1. The number of hydrogen-bond acceptors (Lipinski definition) is 3. The molecule has 2 N–H and O–H groups in total. The van der Waals surface area contributed by atoms with Gasteiger partial charge >= 0.3 is 0 Å². The lowest BCUT2D eigenvalue weighted by Crippen LogP contribution is -2.04. The van der Waals surface area contributed by atoms with Crippen LogP contribution in [0.4, 0.5) is 5.69 Å². The zero-order valence-electron chi connectivity index (χ0n) is 12.8. The molecule has 0 saturated carbocycles. The van der Waals surface area contributed by atoms with E-state index in [1.165, 1.54) is 32.1 Å². The van der Waals surface area contributed by atoms with Gasteiger partial charge in [0.2, 0.25) is 0 Å². The molecule has 112 valence electrons. The van der Waals surface area contributed by atoms with Crippen molar-refractivity contribution in [2.75, 3.05) is 12.8 Å². The molecule has 20 heavy (non-hydrogen) atoms. The van der Waals surface area contributed by atoms with Crippen molar-refractivity contribution in [2.45, 2.75) is 58.3 Å². The molecule has 1 aromatic rings. The fourth-order valence-corrected chi connectivity index (χ4v) is 2.30. The highest BCUT2D eigenvalue weighted by atomic mass is 16.5. The molecule has 0 aromatic heterocycles. The van der Waals surface area contributed by atoms with Gasteiger partial charge in [0.15, 0.2) is 5.78 Å². The fourth-order valence-electron chi connectivity index (χ4n) is 2.30. The van der Waals surface area contributed by atoms with Crippen LogP contribution in [0.3, 0.4) is 0 Å². The van der Waals surface area contributed by atoms with Crippen LogP contribution in [0, 0.1) is 0 Å². The molecule has 3 nitrogen and oxygen atoms in total. The second-order valence-corrected chi connectivity index (χ2v) is 5.25. The summed E-state index contributed by atoms with van der Waals surface area (Å²) >= 11 is 0. The molecule has 0 aliphatic carbocycles. The van der Waals surface area contributed by atoms with Crippen LogP contribution in [0.25, 0.3) is 0 Å². The zero-order chi connectivity index (χ0) is 14.8. The number of carbonyl (C=O) groups is 1. The van der Waals surface area contributed by atoms with Gasteiger partial charge in [0.1, 0.15) is 5.75 Å². The molecule has 0 amide bonds. The maximum absolute atomic E-state index is 12.1. The van der Waals surface area contributed by atoms with E-state index in [2.05, 4.69) is 6.92 Å². The maximum atomic E-state index is 12.1. The summed E-state index contributed by atoms with van der Waals surface area (Å²) in [6.07, 6.45) is 9.09. The van der Waals surface area contributed by atoms with Crippen LogP contribution in [0.1, 0.15) is 68.6 Å². The van der Waals surface area contributed by atoms with Gasteiger partial charge in [-0.1, -0.05) is 45.4 Å². The number of benzene rings is 1. The summed E-state index contributed by atoms with van der Waals surface area (Å²) in [6.45, 7) is 2.22. The second kappa shape index (κ2) is 9.40. The number of unbranched alkanes of at least 4 members (excludes halogenated alkanes) is 6. The van der Waals surface area contributed by atoms with Crippen molar-refractivity contribution in [3.05, 3.63) is 23.8 Å². The van der Waals surface area contributed by atoms with E-state index < -0.39 is 0 Å². The third kappa shape index (κ3) is 5.64. The Morgan fingerprint density at radius 2 is 1.75 bits per heavy atom. The van der Waals surface area contributed by atoms with E-state index in [9.17, 15) is 4.79 Å². The summed E-state index contributed by atoms with van der Waals surface area (Å²) in [5, 5.41) is 0. The van der Waals surface area contributed by atoms with E-state index in [1.54, 1.807) is 25.3 Å². The van der Waals surface area contributed by atoms with Crippen molar-refractivity contribution in [2.24, 2.45) is 0 Å². The molecule has 0 aliphatic rings. The lowest BCUT2D eigenvalue weighted by molar-refractivity contribution is 0.0980. The summed E-state index contributed by atoms with van der Waals surface area (Å²) in [5.74, 6) is 0.827. The van der Waals surface area contributed by atoms with Crippen LogP contribution < -0.4 is 10.5 Å². The number of nitrogen functional groups attached to an aromatic ring is 1. The number of carbonyl (C=O) groups excluding carboxylic acids is 1. The van der Waals surface area contributed by atoms with Crippen molar-refractivity contribution < 1.29 is 9.53 Å². The molecule has 0 radical (unpaired) electrons. The number of methoxy groups -OCH3 is 1. The SMILES string of the molecule is CCCCCCCCCC(=O)c1ccc(OC)cc1N. The van der Waals surface area contributed by atoms with Crippen LogP contribution in [-0.2, 0) is 0 Å². The van der Waals surface area contributed by atoms with Gasteiger partial charge in [-0.25, -0.2) is 0 Å². The van der Waals surface area contributed by atoms with Gasteiger partial charge in [0.25, 0.3) is 0 Å². The Bertz CT molecular complexity index is 415. The Labute approximate surface area is 122 Å². The van der Waals surface area contributed by atoms with Gasteiger partial charge < -0.3 is 10.5 Å². The lowest BCUT2D eigenvalue weighted by Gasteiger charge is -2.07. The van der Waals surface area contributed by atoms with Crippen LogP contribution in [0.2, 0.25) is 0 Å². The summed E-state index contributed by atoms with van der Waals surface area (Å²) in [5.41, 5.74) is 7.02. The van der Waals surface area contributed by atoms with E-state index in [-0.39, 0.29) is 5.78 Å². The standard InChI is InChI=1S/C17H27NO2/c1-3-4-5-6-7-8-9-10-17(19)15-12-11-14(20-2)13-16(15)18/h11-13H,3-10,18H2,1-2H3. The first-order valence-electron chi connectivity index (χ1n) is 7.65. The van der Waals surface area contributed by atoms with Gasteiger partial charge in [0, 0.05) is 23.7 Å². The topological polar surface area (TPSA) is 52.3 Å². The number of ketones is 1. The molecule has 0 aliphatic heterocycles. The van der Waals surface area contributed by atoms with Crippen molar-refractivity contribution in [3.8, 4) is 5.75 Å². The van der Waals surface area contributed by atoms with E-state index in [1.807, 2.05) is 0 Å². The van der Waals surface area contributed by atoms with E-state index in [4.69, 9.17) is 10.5 Å². The van der Waals surface area contributed by atoms with Gasteiger partial charge in [-0.05, 0) is 18.6 Å². The first-order valence-corrected chi connectivity index (χ1v) is 7.65. The van der Waals surface area contributed by atoms with E-state index >= 15 is 0 Å². The highest BCUT2D eigenvalue weighted by molar-refractivity contribution is 6.00. The smallest absolute Gasteiger partial charge is 0.164 e. The summed E-state index contributed by atoms with van der Waals surface area (Å²) < 4.78 is 5.08. The van der Waals surface area contributed by atoms with Gasteiger partial charge in [-0.2, -0.15) is 0 Å². The van der Waals surface area contributed by atoms with Crippen LogP contribution in [0.15, 0.2) is 18.2 Å². The van der Waals surface area contributed by atoms with Crippen molar-refractivity contribution in [1.29, 1.82) is 0 Å². The van der Waals surface area contributed by atoms with Crippen molar-refractivity contribution in [3.63, 3.8) is 0 Å². The van der Waals surface area contributed by atoms with Gasteiger partial charge in [-0.3, -0.25) is 4.79 Å². The third-order valence-corrected chi connectivity index (χ3v) is 3.57. The lowest BCUT2D eigenvalue weighted by atomic mass is 10.0. The average molecular weight is 277 g/mol. The number of ether oxygens (including phenoxy) is 1. The minimum Gasteiger partial charge on any atom is -0.497 e. The molecule has 0 bridgehead atoms. The molecular weight excluding hydrogens is 250 g/mol. The summed E-state index contributed by atoms with van der Waals surface area (Å²) in [6, 6.07) is 5.25. The highest BCUT2D eigenvalue weighted by Crippen LogP contribution is 2.21. The molecular formula is C17H27NO2. The molecule has 0 unspecified atom stereocenters. The number of rotatable bonds is 10. The second-order valence-electron chi connectivity index (χ2n) is 5.25. The summed E-state index contributed by atoms with van der Waals surface area (Å²) in [7, 11) is 1.59. The predicted molar refractivity (Wildman–Crippen MR) is 84.3 cm³/mol. The number of nitrogens with two attached hydrogens (primary N) is 1. The molecule has 0 fully saturated rings. The highest BCUT2D eigenvalue weighted by Gasteiger charge is 2.10. The Hall–Kier alpha value is -1.51. The number of Topliss-reactive ketones (excluding diaryl/α,β-unsaturated/α-hetero) is 1. The zero-order valence-corrected chi connectivity index (χ0v) is 12.8. The number of hydrogen-bond donors (Lipinski definition) is 1. The monoisotopic (exact) mass is 277 g/mol. The van der Waals surface area contributed by atoms with Crippen molar-refractivity contribution in [1.82, 2.24) is 0 Å². The molecule has 0 spiro atoms. The third-order valence-electron chi connectivity index (χ3n) is 3.57. The van der Waals surface area contributed by atoms with Gasteiger partial charge in [-0.15, -0.1) is 0 Å². The predicted octanol–water partition coefficient (Wildman–Crippen LogP) is 4.60. The Kier molecular flexibility index (Phi) is 7.78. The van der Waals surface area contributed by atoms with Crippen LogP contribution >= 0.6 is 0 Å². The molecule has 0 heterocycles. The Balaban J connectivity index is 2.29. The fraction of sp³-hybridized carbons (Fsp3) is 0.588. The largest absolute Gasteiger partial charge is 0.497 e. The Morgan fingerprint density at radius 1 is 1.10 bits per heavy atom. The molecule has 0 atom stereocenters.